The van der Waals surface area contributed by atoms with Crippen molar-refractivity contribution in [2.45, 2.75) is 25.2 Å². The van der Waals surface area contributed by atoms with E-state index >= 15 is 0 Å². The largest absolute Gasteiger partial charge is 0.456 e. The van der Waals surface area contributed by atoms with E-state index in [1.807, 2.05) is 42.5 Å². The third kappa shape index (κ3) is 7.08. The van der Waals surface area contributed by atoms with E-state index in [2.05, 4.69) is 177 Å². The third-order valence-corrected chi connectivity index (χ3v) is 13.1. The van der Waals surface area contributed by atoms with Gasteiger partial charge in [-0.15, -0.1) is 0 Å². The van der Waals surface area contributed by atoms with Crippen LogP contribution in [0, 0.1) is 0 Å². The first-order valence-electron chi connectivity index (χ1n) is 22.3. The quantitative estimate of drug-likeness (QED) is 0.160. The Morgan fingerprint density at radius 2 is 0.954 bits per heavy atom. The van der Waals surface area contributed by atoms with Gasteiger partial charge in [-0.3, -0.25) is 0 Å². The first-order valence-corrected chi connectivity index (χ1v) is 22.3. The highest BCUT2D eigenvalue weighted by Crippen LogP contribution is 2.47. The summed E-state index contributed by atoms with van der Waals surface area (Å²) in [6.45, 7) is 2.37. The molecule has 0 saturated heterocycles. The Kier molecular flexibility index (Phi) is 9.53. The van der Waals surface area contributed by atoms with Crippen molar-refractivity contribution in [3.05, 3.63) is 229 Å². The predicted octanol–water partition coefficient (Wildman–Crippen LogP) is 15.3. The molecule has 11 aromatic rings. The lowest BCUT2D eigenvalue weighted by atomic mass is 9.81. The third-order valence-electron chi connectivity index (χ3n) is 13.1. The number of benzene rings is 8. The van der Waals surface area contributed by atoms with Gasteiger partial charge in [-0.25, -0.2) is 19.9 Å². The molecule has 1 aliphatic rings. The first kappa shape index (κ1) is 38.4. The fraction of sp³-hybridized carbons (Fsp3) is 0.0667. The molecule has 0 N–H and O–H groups in total. The molecule has 8 aromatic carbocycles. The van der Waals surface area contributed by atoms with Gasteiger partial charge >= 0.3 is 0 Å². The van der Waals surface area contributed by atoms with Crippen molar-refractivity contribution in [3.8, 4) is 78.8 Å². The van der Waals surface area contributed by atoms with E-state index in [4.69, 9.17) is 24.4 Å². The minimum atomic E-state index is 0.120. The number of fused-ring (bicyclic) bond motifs is 6. The van der Waals surface area contributed by atoms with Gasteiger partial charge in [0, 0.05) is 50.2 Å². The lowest BCUT2D eigenvalue weighted by Crippen LogP contribution is -2.13. The van der Waals surface area contributed by atoms with Gasteiger partial charge in [0.1, 0.15) is 11.2 Å². The molecule has 308 valence electrons. The molecule has 0 spiro atoms. The van der Waals surface area contributed by atoms with Crippen LogP contribution in [-0.2, 0) is 6.42 Å². The Hall–Kier alpha value is -8.28. The van der Waals surface area contributed by atoms with Gasteiger partial charge in [0.25, 0.3) is 0 Å². The summed E-state index contributed by atoms with van der Waals surface area (Å²) in [7, 11) is 0. The number of nitrogens with zero attached hydrogens (tertiary/aromatic N) is 4. The van der Waals surface area contributed by atoms with Crippen LogP contribution in [0.15, 0.2) is 217 Å². The fourth-order valence-corrected chi connectivity index (χ4v) is 9.73. The average molecular weight is 835 g/mol. The topological polar surface area (TPSA) is 64.7 Å². The molecule has 2 unspecified atom stereocenters. The van der Waals surface area contributed by atoms with Crippen LogP contribution < -0.4 is 0 Å². The van der Waals surface area contributed by atoms with Gasteiger partial charge in [0.05, 0.1) is 17.1 Å². The van der Waals surface area contributed by atoms with Crippen LogP contribution in [0.4, 0.5) is 0 Å². The Bertz CT molecular complexity index is 3420. The second kappa shape index (κ2) is 16.1. The van der Waals surface area contributed by atoms with Gasteiger partial charge in [0.15, 0.2) is 11.6 Å². The normalized spacial score (nSPS) is 14.5. The number of rotatable bonds is 7. The van der Waals surface area contributed by atoms with E-state index < -0.39 is 0 Å². The molecule has 5 nitrogen and oxygen atoms in total. The van der Waals surface area contributed by atoms with Crippen molar-refractivity contribution in [2.24, 2.45) is 0 Å². The zero-order valence-corrected chi connectivity index (χ0v) is 35.8. The molecule has 1 aliphatic carbocycles. The molecule has 3 heterocycles. The molecular weight excluding hydrogens is 793 g/mol. The highest BCUT2D eigenvalue weighted by Gasteiger charge is 2.31. The monoisotopic (exact) mass is 834 g/mol. The van der Waals surface area contributed by atoms with Crippen LogP contribution >= 0.6 is 0 Å². The standard InChI is InChI=1S/C60H42N4O/c1-38-46-31-29-43(33-50(46)47-26-15-14-25-45(47)35-49(38)55-37-53(40-19-8-3-9-20-40)62-60(64-55)42-23-12-5-13-24-42)44-30-32-56-51(34-44)58-48(27-16-28-57(58)65-56)54-36-52(39-17-6-2-7-18-39)61-59(63-54)41-21-10-4-11-22-41/h2-34,36-38,49H,35H2,1H3. The second-order valence-corrected chi connectivity index (χ2v) is 17.0. The molecule has 0 bridgehead atoms. The Balaban J connectivity index is 0.977. The molecule has 65 heavy (non-hydrogen) atoms. The van der Waals surface area contributed by atoms with Gasteiger partial charge in [-0.05, 0) is 82.1 Å². The van der Waals surface area contributed by atoms with Crippen LogP contribution in [0.2, 0.25) is 0 Å². The highest BCUT2D eigenvalue weighted by molar-refractivity contribution is 6.13. The molecule has 5 heteroatoms. The van der Waals surface area contributed by atoms with E-state index in [1.54, 1.807) is 0 Å². The smallest absolute Gasteiger partial charge is 0.160 e. The lowest BCUT2D eigenvalue weighted by molar-refractivity contribution is 0.564. The molecule has 0 radical (unpaired) electrons. The van der Waals surface area contributed by atoms with Gasteiger partial charge in [-0.2, -0.15) is 0 Å². The zero-order chi connectivity index (χ0) is 43.3. The molecule has 2 atom stereocenters. The first-order chi connectivity index (χ1) is 32.1. The molecule has 0 aliphatic heterocycles. The average Bonchev–Trinajstić information content (AvgIpc) is 3.71. The van der Waals surface area contributed by atoms with Crippen molar-refractivity contribution in [2.75, 3.05) is 0 Å². The van der Waals surface area contributed by atoms with Crippen LogP contribution in [-0.4, -0.2) is 19.9 Å². The van der Waals surface area contributed by atoms with Crippen LogP contribution in [0.5, 0.6) is 0 Å². The molecule has 12 rings (SSSR count). The van der Waals surface area contributed by atoms with Crippen molar-refractivity contribution < 1.29 is 4.42 Å². The predicted molar refractivity (Wildman–Crippen MR) is 264 cm³/mol. The number of hydrogen-bond donors (Lipinski definition) is 0. The Labute approximate surface area is 377 Å². The van der Waals surface area contributed by atoms with E-state index in [1.165, 1.54) is 22.3 Å². The number of aromatic nitrogens is 4. The maximum Gasteiger partial charge on any atom is 0.160 e. The van der Waals surface area contributed by atoms with E-state index in [0.717, 1.165) is 95.9 Å². The molecule has 3 aromatic heterocycles. The summed E-state index contributed by atoms with van der Waals surface area (Å²) in [5.74, 6) is 1.73. The lowest BCUT2D eigenvalue weighted by Gasteiger charge is -2.24. The maximum atomic E-state index is 6.58. The molecule has 0 amide bonds. The number of furan rings is 1. The summed E-state index contributed by atoms with van der Waals surface area (Å²) in [6, 6.07) is 74.4. The van der Waals surface area contributed by atoms with Crippen molar-refractivity contribution in [3.63, 3.8) is 0 Å². The van der Waals surface area contributed by atoms with Crippen molar-refractivity contribution >= 4 is 21.9 Å². The second-order valence-electron chi connectivity index (χ2n) is 17.0. The molecular formula is C60H42N4O. The van der Waals surface area contributed by atoms with Crippen molar-refractivity contribution in [1.82, 2.24) is 19.9 Å². The Morgan fingerprint density at radius 1 is 0.400 bits per heavy atom. The van der Waals surface area contributed by atoms with Gasteiger partial charge < -0.3 is 4.42 Å². The highest BCUT2D eigenvalue weighted by atomic mass is 16.3. The summed E-state index contributed by atoms with van der Waals surface area (Å²) >= 11 is 0. The fourth-order valence-electron chi connectivity index (χ4n) is 9.73. The van der Waals surface area contributed by atoms with E-state index in [9.17, 15) is 0 Å². The maximum absolute atomic E-state index is 6.58. The van der Waals surface area contributed by atoms with Crippen LogP contribution in [0.3, 0.4) is 0 Å². The summed E-state index contributed by atoms with van der Waals surface area (Å²) in [5, 5.41) is 2.08. The zero-order valence-electron chi connectivity index (χ0n) is 35.8. The van der Waals surface area contributed by atoms with Crippen LogP contribution in [0.1, 0.15) is 35.6 Å². The summed E-state index contributed by atoms with van der Waals surface area (Å²) < 4.78 is 6.58. The van der Waals surface area contributed by atoms with E-state index in [0.29, 0.717) is 5.82 Å². The summed E-state index contributed by atoms with van der Waals surface area (Å²) in [6.07, 6.45) is 0.859. The number of hydrogen-bond acceptors (Lipinski definition) is 5. The summed E-state index contributed by atoms with van der Waals surface area (Å²) in [5.41, 5.74) is 17.9. The summed E-state index contributed by atoms with van der Waals surface area (Å²) in [4.78, 5) is 20.7. The van der Waals surface area contributed by atoms with Crippen LogP contribution in [0.25, 0.3) is 101 Å². The minimum Gasteiger partial charge on any atom is -0.456 e. The SMILES string of the molecule is CC1c2ccc(-c3ccc4oc5cccc(-c6cc(-c7ccccc7)nc(-c7ccccc7)n6)c5c4c3)cc2-c2ccccc2CC1c1cc(-c2ccccc2)nc(-c2ccccc2)n1. The van der Waals surface area contributed by atoms with Gasteiger partial charge in [-0.1, -0.05) is 183 Å². The minimum absolute atomic E-state index is 0.120. The Morgan fingerprint density at radius 3 is 1.65 bits per heavy atom. The molecule has 0 fully saturated rings. The van der Waals surface area contributed by atoms with Gasteiger partial charge in [0.2, 0.25) is 0 Å². The molecule has 0 saturated carbocycles. The van der Waals surface area contributed by atoms with Crippen molar-refractivity contribution in [1.29, 1.82) is 0 Å². The van der Waals surface area contributed by atoms with E-state index in [-0.39, 0.29) is 11.8 Å².